The number of fused-ring (bicyclic) bond motifs is 1. The molecule has 1 amide bonds. The first-order chi connectivity index (χ1) is 14.5. The summed E-state index contributed by atoms with van der Waals surface area (Å²) in [7, 11) is 2.71. The van der Waals surface area contributed by atoms with Gasteiger partial charge in [0.05, 0.1) is 13.0 Å². The Hall–Kier alpha value is -2.13. The van der Waals surface area contributed by atoms with Crippen molar-refractivity contribution in [2.45, 2.75) is 82.5 Å². The molecule has 3 aliphatic rings. The van der Waals surface area contributed by atoms with E-state index in [1.807, 2.05) is 12.2 Å². The summed E-state index contributed by atoms with van der Waals surface area (Å²) in [6.45, 7) is 6.83. The number of hydrogen-bond donors (Lipinski definition) is 1. The van der Waals surface area contributed by atoms with E-state index in [2.05, 4.69) is 5.32 Å². The summed E-state index contributed by atoms with van der Waals surface area (Å²) in [5.74, 6) is -2.13. The minimum absolute atomic E-state index is 0.275. The SMILES string of the molecule is COC(=O)[C@]1([C@@H](OC(=O)OC(C)(C)C)[C@@H]2C=CCCC2)NC(=O)[C@@H]2C[C@@H](OC)O[C@@]21C. The van der Waals surface area contributed by atoms with Crippen LogP contribution in [0.3, 0.4) is 0 Å². The van der Waals surface area contributed by atoms with Gasteiger partial charge in [-0.1, -0.05) is 12.2 Å². The first kappa shape index (κ1) is 23.5. The lowest BCUT2D eigenvalue weighted by Gasteiger charge is -2.46. The quantitative estimate of drug-likeness (QED) is 0.514. The van der Waals surface area contributed by atoms with Crippen LogP contribution in [-0.2, 0) is 33.3 Å². The zero-order chi connectivity index (χ0) is 23.0. The molecule has 0 saturated carbocycles. The highest BCUT2D eigenvalue weighted by Gasteiger charge is 2.75. The molecular formula is C22H33NO8. The maximum absolute atomic E-state index is 13.4. The molecule has 1 N–H and O–H groups in total. The van der Waals surface area contributed by atoms with E-state index in [0.717, 1.165) is 12.8 Å². The predicted octanol–water partition coefficient (Wildman–Crippen LogP) is 2.47. The normalized spacial score (nSPS) is 35.8. The number of ether oxygens (including phenoxy) is 5. The Bertz CT molecular complexity index is 759. The number of nitrogens with one attached hydrogen (secondary N) is 1. The van der Waals surface area contributed by atoms with E-state index in [1.54, 1.807) is 27.7 Å². The summed E-state index contributed by atoms with van der Waals surface area (Å²) in [6.07, 6.45) is 3.86. The molecule has 0 aromatic rings. The fraction of sp³-hybridized carbons (Fsp3) is 0.773. The highest BCUT2D eigenvalue weighted by molar-refractivity contribution is 5.97. The molecule has 0 aromatic heterocycles. The Morgan fingerprint density at radius 3 is 2.55 bits per heavy atom. The van der Waals surface area contributed by atoms with Crippen molar-refractivity contribution in [1.29, 1.82) is 0 Å². The number of carbonyl (C=O) groups excluding carboxylic acids is 3. The summed E-state index contributed by atoms with van der Waals surface area (Å²) >= 11 is 0. The second-order valence-electron chi connectivity index (χ2n) is 9.49. The van der Waals surface area contributed by atoms with Gasteiger partial charge in [0, 0.05) is 19.4 Å². The van der Waals surface area contributed by atoms with E-state index in [0.29, 0.717) is 6.42 Å². The van der Waals surface area contributed by atoms with Gasteiger partial charge in [-0.2, -0.15) is 0 Å². The Labute approximate surface area is 182 Å². The van der Waals surface area contributed by atoms with Crippen LogP contribution in [0.25, 0.3) is 0 Å². The fourth-order valence-electron chi connectivity index (χ4n) is 4.95. The van der Waals surface area contributed by atoms with Crippen LogP contribution in [0.2, 0.25) is 0 Å². The molecule has 0 radical (unpaired) electrons. The Morgan fingerprint density at radius 2 is 2.00 bits per heavy atom. The van der Waals surface area contributed by atoms with Crippen LogP contribution in [0.4, 0.5) is 4.79 Å². The standard InChI is InChI=1S/C22H33NO8/c1-20(2,3)31-19(26)29-16(13-10-8-7-9-11-13)22(18(25)28-6)21(4)14(17(24)23-22)12-15(27-5)30-21/h8,10,13-16H,7,9,11-12H2,1-6H3,(H,23,24)/t13-,14+,15+,16+,21+,22+/m1/s1. The van der Waals surface area contributed by atoms with Crippen LogP contribution in [0.15, 0.2) is 12.2 Å². The van der Waals surface area contributed by atoms with Gasteiger partial charge < -0.3 is 29.0 Å². The fourth-order valence-corrected chi connectivity index (χ4v) is 4.95. The molecule has 3 rings (SSSR count). The highest BCUT2D eigenvalue weighted by Crippen LogP contribution is 2.52. The van der Waals surface area contributed by atoms with Gasteiger partial charge in [-0.15, -0.1) is 0 Å². The minimum Gasteiger partial charge on any atom is -0.467 e. The third-order valence-electron chi connectivity index (χ3n) is 6.38. The largest absolute Gasteiger partial charge is 0.509 e. The molecule has 6 atom stereocenters. The van der Waals surface area contributed by atoms with E-state index in [4.69, 9.17) is 23.7 Å². The molecule has 0 aromatic carbocycles. The smallest absolute Gasteiger partial charge is 0.467 e. The summed E-state index contributed by atoms with van der Waals surface area (Å²) in [5, 5.41) is 2.81. The summed E-state index contributed by atoms with van der Waals surface area (Å²) in [4.78, 5) is 39.1. The van der Waals surface area contributed by atoms with Crippen LogP contribution >= 0.6 is 0 Å². The highest BCUT2D eigenvalue weighted by atomic mass is 16.7. The van der Waals surface area contributed by atoms with E-state index in [1.165, 1.54) is 14.2 Å². The third kappa shape index (κ3) is 4.05. The number of esters is 1. The second-order valence-corrected chi connectivity index (χ2v) is 9.49. The van der Waals surface area contributed by atoms with Gasteiger partial charge in [0.25, 0.3) is 0 Å². The molecule has 9 nitrogen and oxygen atoms in total. The second kappa shape index (κ2) is 8.43. The summed E-state index contributed by atoms with van der Waals surface area (Å²) < 4.78 is 27.8. The molecule has 0 unspecified atom stereocenters. The van der Waals surface area contributed by atoms with Crippen molar-refractivity contribution < 1.29 is 38.1 Å². The molecule has 31 heavy (non-hydrogen) atoms. The minimum atomic E-state index is -1.76. The van der Waals surface area contributed by atoms with E-state index >= 15 is 0 Å². The molecule has 174 valence electrons. The first-order valence-electron chi connectivity index (χ1n) is 10.7. The molecular weight excluding hydrogens is 406 g/mol. The van der Waals surface area contributed by atoms with Gasteiger partial charge in [0.1, 0.15) is 17.3 Å². The third-order valence-corrected chi connectivity index (χ3v) is 6.38. The average molecular weight is 440 g/mol. The summed E-state index contributed by atoms with van der Waals surface area (Å²) in [5.41, 5.74) is -3.91. The lowest BCUT2D eigenvalue weighted by Crippen LogP contribution is -2.71. The van der Waals surface area contributed by atoms with E-state index in [-0.39, 0.29) is 18.2 Å². The molecule has 0 spiro atoms. The Kier molecular flexibility index (Phi) is 6.40. The van der Waals surface area contributed by atoms with Crippen molar-refractivity contribution >= 4 is 18.0 Å². The maximum atomic E-state index is 13.4. The van der Waals surface area contributed by atoms with E-state index in [9.17, 15) is 14.4 Å². The lowest BCUT2D eigenvalue weighted by molar-refractivity contribution is -0.206. The van der Waals surface area contributed by atoms with E-state index < -0.39 is 47.2 Å². The van der Waals surface area contributed by atoms with Crippen LogP contribution in [0.5, 0.6) is 0 Å². The summed E-state index contributed by atoms with van der Waals surface area (Å²) in [6, 6.07) is 0. The molecule has 0 bridgehead atoms. The van der Waals surface area contributed by atoms with Crippen molar-refractivity contribution in [2.24, 2.45) is 11.8 Å². The van der Waals surface area contributed by atoms with Gasteiger partial charge in [0.15, 0.2) is 6.29 Å². The average Bonchev–Trinajstić information content (AvgIpc) is 3.16. The van der Waals surface area contributed by atoms with Crippen LogP contribution in [0, 0.1) is 11.8 Å². The molecule has 2 heterocycles. The molecule has 2 saturated heterocycles. The number of methoxy groups -OCH3 is 2. The Morgan fingerprint density at radius 1 is 1.29 bits per heavy atom. The molecule has 2 fully saturated rings. The number of hydrogen-bond acceptors (Lipinski definition) is 8. The number of allylic oxidation sites excluding steroid dienone is 1. The molecule has 1 aliphatic carbocycles. The topological polar surface area (TPSA) is 109 Å². The first-order valence-corrected chi connectivity index (χ1v) is 10.7. The van der Waals surface area contributed by atoms with Crippen molar-refractivity contribution in [1.82, 2.24) is 5.32 Å². The molecule has 9 heteroatoms. The van der Waals surface area contributed by atoms with Crippen molar-refractivity contribution in [2.75, 3.05) is 14.2 Å². The zero-order valence-corrected chi connectivity index (χ0v) is 19.1. The maximum Gasteiger partial charge on any atom is 0.509 e. The van der Waals surface area contributed by atoms with Crippen molar-refractivity contribution in [3.05, 3.63) is 12.2 Å². The van der Waals surface area contributed by atoms with Gasteiger partial charge in [-0.3, -0.25) is 4.79 Å². The number of amides is 1. The van der Waals surface area contributed by atoms with Crippen molar-refractivity contribution in [3.63, 3.8) is 0 Å². The van der Waals surface area contributed by atoms with Crippen LogP contribution in [0.1, 0.15) is 53.4 Å². The van der Waals surface area contributed by atoms with Crippen LogP contribution < -0.4 is 5.32 Å². The Balaban J connectivity index is 2.10. The predicted molar refractivity (Wildman–Crippen MR) is 109 cm³/mol. The number of rotatable bonds is 5. The lowest BCUT2D eigenvalue weighted by atomic mass is 9.69. The van der Waals surface area contributed by atoms with Gasteiger partial charge in [-0.25, -0.2) is 9.59 Å². The van der Waals surface area contributed by atoms with Crippen molar-refractivity contribution in [3.8, 4) is 0 Å². The molecule has 2 aliphatic heterocycles. The van der Waals surface area contributed by atoms with Crippen LogP contribution in [-0.4, -0.2) is 61.4 Å². The monoisotopic (exact) mass is 439 g/mol. The zero-order valence-electron chi connectivity index (χ0n) is 19.1. The van der Waals surface area contributed by atoms with Gasteiger partial charge >= 0.3 is 12.1 Å². The van der Waals surface area contributed by atoms with Gasteiger partial charge in [-0.05, 0) is 47.0 Å². The number of carbonyl (C=O) groups is 3. The van der Waals surface area contributed by atoms with Gasteiger partial charge in [0.2, 0.25) is 11.4 Å².